The van der Waals surface area contributed by atoms with Crippen molar-refractivity contribution in [2.45, 2.75) is 53.6 Å². The van der Waals surface area contributed by atoms with Gasteiger partial charge in [-0.15, -0.1) is 0 Å². The molecule has 1 aromatic heterocycles. The van der Waals surface area contributed by atoms with Gasteiger partial charge in [-0.2, -0.15) is 0 Å². The Balaban J connectivity index is 2.64. The van der Waals surface area contributed by atoms with E-state index in [1.165, 1.54) is 23.4 Å². The van der Waals surface area contributed by atoms with Gasteiger partial charge < -0.3 is 9.88 Å². The van der Waals surface area contributed by atoms with E-state index in [4.69, 9.17) is 0 Å². The topological polar surface area (TPSA) is 17.0 Å². The first-order valence-corrected chi connectivity index (χ1v) is 6.32. The van der Waals surface area contributed by atoms with E-state index in [1.54, 1.807) is 0 Å². The summed E-state index contributed by atoms with van der Waals surface area (Å²) in [5.41, 5.74) is 4.15. The highest BCUT2D eigenvalue weighted by molar-refractivity contribution is 5.26. The second-order valence-corrected chi connectivity index (χ2v) is 5.10. The van der Waals surface area contributed by atoms with Crippen molar-refractivity contribution in [2.24, 2.45) is 13.0 Å². The van der Waals surface area contributed by atoms with Gasteiger partial charge in [0, 0.05) is 31.0 Å². The third-order valence-corrected chi connectivity index (χ3v) is 3.68. The van der Waals surface area contributed by atoms with Crippen LogP contribution in [-0.4, -0.2) is 10.6 Å². The smallest absolute Gasteiger partial charge is 0.0226 e. The monoisotopic (exact) mass is 222 g/mol. The number of nitrogens with one attached hydrogen (secondary N) is 1. The van der Waals surface area contributed by atoms with E-state index in [9.17, 15) is 0 Å². The molecule has 0 amide bonds. The molecular weight excluding hydrogens is 196 g/mol. The van der Waals surface area contributed by atoms with Gasteiger partial charge >= 0.3 is 0 Å². The van der Waals surface area contributed by atoms with Gasteiger partial charge in [0.25, 0.3) is 0 Å². The molecule has 1 atom stereocenters. The molecule has 0 aliphatic heterocycles. The summed E-state index contributed by atoms with van der Waals surface area (Å²) in [6, 6.07) is 2.91. The number of aryl methyl sites for hydroxylation is 1. The molecule has 2 heteroatoms. The normalized spacial score (nSPS) is 13.4. The van der Waals surface area contributed by atoms with Crippen LogP contribution in [0.1, 0.15) is 44.1 Å². The van der Waals surface area contributed by atoms with Crippen LogP contribution < -0.4 is 5.32 Å². The van der Waals surface area contributed by atoms with Crippen LogP contribution in [0.4, 0.5) is 0 Å². The summed E-state index contributed by atoms with van der Waals surface area (Å²) in [7, 11) is 2.13. The van der Waals surface area contributed by atoms with Crippen molar-refractivity contribution in [3.63, 3.8) is 0 Å². The Morgan fingerprint density at radius 2 is 1.94 bits per heavy atom. The lowest BCUT2D eigenvalue weighted by Crippen LogP contribution is -2.32. The number of nitrogens with zero attached hydrogens (tertiary/aromatic N) is 1. The molecule has 0 saturated heterocycles. The fourth-order valence-corrected chi connectivity index (χ4v) is 2.20. The van der Waals surface area contributed by atoms with Gasteiger partial charge in [-0.25, -0.2) is 0 Å². The van der Waals surface area contributed by atoms with Crippen LogP contribution in [0, 0.1) is 19.8 Å². The molecular formula is C14H26N2. The van der Waals surface area contributed by atoms with Crippen LogP contribution in [0.2, 0.25) is 0 Å². The van der Waals surface area contributed by atoms with Crippen LogP contribution in [0.5, 0.6) is 0 Å². The average molecular weight is 222 g/mol. The first-order chi connectivity index (χ1) is 7.47. The minimum atomic E-state index is 0.625. The lowest BCUT2D eigenvalue weighted by Gasteiger charge is -2.20. The van der Waals surface area contributed by atoms with Crippen molar-refractivity contribution < 1.29 is 0 Å². The summed E-state index contributed by atoms with van der Waals surface area (Å²) < 4.78 is 2.26. The molecule has 0 saturated carbocycles. The standard InChI is InChI=1S/C14H26N2/c1-7-14(10(2)3)15-9-13-8-11(4)16(6)12(13)5/h8,10,14-15H,7,9H2,1-6H3. The van der Waals surface area contributed by atoms with Crippen LogP contribution in [-0.2, 0) is 13.6 Å². The zero-order valence-electron chi connectivity index (χ0n) is 11.6. The highest BCUT2D eigenvalue weighted by Gasteiger charge is 2.12. The Bertz CT molecular complexity index is 337. The molecule has 0 bridgehead atoms. The van der Waals surface area contributed by atoms with E-state index in [0.29, 0.717) is 12.0 Å². The molecule has 16 heavy (non-hydrogen) atoms. The highest BCUT2D eigenvalue weighted by atomic mass is 15.0. The summed E-state index contributed by atoms with van der Waals surface area (Å²) in [5.74, 6) is 0.704. The van der Waals surface area contributed by atoms with E-state index in [0.717, 1.165) is 6.54 Å². The summed E-state index contributed by atoms with van der Waals surface area (Å²) in [6.07, 6.45) is 1.20. The Morgan fingerprint density at radius 3 is 2.31 bits per heavy atom. The number of hydrogen-bond donors (Lipinski definition) is 1. The molecule has 0 aliphatic carbocycles. The molecule has 0 radical (unpaired) electrons. The fourth-order valence-electron chi connectivity index (χ4n) is 2.20. The lowest BCUT2D eigenvalue weighted by molar-refractivity contribution is 0.387. The summed E-state index contributed by atoms with van der Waals surface area (Å²) in [5, 5.41) is 3.65. The Morgan fingerprint density at radius 1 is 1.31 bits per heavy atom. The SMILES string of the molecule is CCC(NCc1cc(C)n(C)c1C)C(C)C. The van der Waals surface area contributed by atoms with Crippen molar-refractivity contribution in [1.82, 2.24) is 9.88 Å². The molecule has 1 unspecified atom stereocenters. The molecule has 92 valence electrons. The summed E-state index contributed by atoms with van der Waals surface area (Å²) >= 11 is 0. The van der Waals surface area contributed by atoms with Gasteiger partial charge in [0.1, 0.15) is 0 Å². The molecule has 2 nitrogen and oxygen atoms in total. The molecule has 0 spiro atoms. The summed E-state index contributed by atoms with van der Waals surface area (Å²) in [4.78, 5) is 0. The molecule has 1 rings (SSSR count). The van der Waals surface area contributed by atoms with E-state index in [2.05, 4.69) is 57.6 Å². The number of hydrogen-bond acceptors (Lipinski definition) is 1. The predicted molar refractivity (Wildman–Crippen MR) is 70.6 cm³/mol. The molecule has 0 fully saturated rings. The van der Waals surface area contributed by atoms with Gasteiger partial charge in [-0.1, -0.05) is 20.8 Å². The van der Waals surface area contributed by atoms with Gasteiger partial charge in [-0.05, 0) is 37.8 Å². The second kappa shape index (κ2) is 5.53. The van der Waals surface area contributed by atoms with Crippen molar-refractivity contribution in [3.05, 3.63) is 23.0 Å². The number of rotatable bonds is 5. The van der Waals surface area contributed by atoms with E-state index < -0.39 is 0 Å². The maximum Gasteiger partial charge on any atom is 0.0226 e. The fraction of sp³-hybridized carbons (Fsp3) is 0.714. The number of aromatic nitrogens is 1. The van der Waals surface area contributed by atoms with Crippen LogP contribution in [0.15, 0.2) is 6.07 Å². The predicted octanol–water partition coefficient (Wildman–Crippen LogP) is 3.17. The summed E-state index contributed by atoms with van der Waals surface area (Å²) in [6.45, 7) is 12.2. The molecule has 0 aromatic carbocycles. The maximum atomic E-state index is 3.65. The Kier molecular flexibility index (Phi) is 4.60. The van der Waals surface area contributed by atoms with Crippen LogP contribution in [0.3, 0.4) is 0 Å². The first-order valence-electron chi connectivity index (χ1n) is 6.32. The van der Waals surface area contributed by atoms with Crippen molar-refractivity contribution in [1.29, 1.82) is 0 Å². The van der Waals surface area contributed by atoms with E-state index >= 15 is 0 Å². The van der Waals surface area contributed by atoms with Gasteiger partial charge in [-0.3, -0.25) is 0 Å². The van der Waals surface area contributed by atoms with E-state index in [-0.39, 0.29) is 0 Å². The highest BCUT2D eigenvalue weighted by Crippen LogP contribution is 2.14. The van der Waals surface area contributed by atoms with Crippen molar-refractivity contribution in [3.8, 4) is 0 Å². The molecule has 1 heterocycles. The third kappa shape index (κ3) is 2.88. The molecule has 1 N–H and O–H groups in total. The van der Waals surface area contributed by atoms with Crippen LogP contribution in [0.25, 0.3) is 0 Å². The Labute approximate surface area is 100 Å². The van der Waals surface area contributed by atoms with Crippen molar-refractivity contribution >= 4 is 0 Å². The van der Waals surface area contributed by atoms with Gasteiger partial charge in [0.2, 0.25) is 0 Å². The zero-order valence-corrected chi connectivity index (χ0v) is 11.6. The lowest BCUT2D eigenvalue weighted by atomic mass is 10.0. The third-order valence-electron chi connectivity index (χ3n) is 3.68. The van der Waals surface area contributed by atoms with Gasteiger partial charge in [0.05, 0.1) is 0 Å². The average Bonchev–Trinajstić information content (AvgIpc) is 2.47. The zero-order chi connectivity index (χ0) is 12.3. The van der Waals surface area contributed by atoms with Crippen LogP contribution >= 0.6 is 0 Å². The van der Waals surface area contributed by atoms with Crippen molar-refractivity contribution in [2.75, 3.05) is 0 Å². The minimum absolute atomic E-state index is 0.625. The largest absolute Gasteiger partial charge is 0.352 e. The molecule has 1 aromatic rings. The minimum Gasteiger partial charge on any atom is -0.352 e. The van der Waals surface area contributed by atoms with Gasteiger partial charge in [0.15, 0.2) is 0 Å². The second-order valence-electron chi connectivity index (χ2n) is 5.10. The molecule has 0 aliphatic rings. The Hall–Kier alpha value is -0.760. The first kappa shape index (κ1) is 13.3. The maximum absolute atomic E-state index is 3.65. The van der Waals surface area contributed by atoms with E-state index in [1.807, 2.05) is 0 Å². The quantitative estimate of drug-likeness (QED) is 0.809.